The van der Waals surface area contributed by atoms with Crippen molar-refractivity contribution in [2.75, 3.05) is 12.4 Å². The third-order valence-electron chi connectivity index (χ3n) is 4.65. The molecular weight excluding hydrogens is 534 g/mol. The van der Waals surface area contributed by atoms with Crippen LogP contribution >= 0.6 is 46.4 Å². The van der Waals surface area contributed by atoms with E-state index in [4.69, 9.17) is 51.1 Å². The summed E-state index contributed by atoms with van der Waals surface area (Å²) in [5.74, 6) is -0.925. The van der Waals surface area contributed by atoms with Crippen molar-refractivity contribution >= 4 is 70.0 Å². The summed E-state index contributed by atoms with van der Waals surface area (Å²) in [6.07, 6.45) is 1.34. The highest BCUT2D eigenvalue weighted by molar-refractivity contribution is 6.37. The average molecular weight is 550 g/mol. The Balaban J connectivity index is 1.75. The minimum Gasteiger partial charge on any atom is -0.486 e. The molecule has 0 aliphatic heterocycles. The van der Waals surface area contributed by atoms with Gasteiger partial charge in [0, 0.05) is 21.3 Å². The van der Waals surface area contributed by atoms with Gasteiger partial charge in [0.05, 0.1) is 22.7 Å². The van der Waals surface area contributed by atoms with Gasteiger partial charge in [0.1, 0.15) is 18.2 Å². The van der Waals surface area contributed by atoms with E-state index in [9.17, 15) is 14.9 Å². The molecule has 10 heteroatoms. The summed E-state index contributed by atoms with van der Waals surface area (Å²) in [6, 6.07) is 15.9. The van der Waals surface area contributed by atoms with Crippen LogP contribution in [0.5, 0.6) is 5.75 Å². The Morgan fingerprint density at radius 3 is 2.20 bits per heavy atom. The first-order valence-electron chi connectivity index (χ1n) is 9.89. The normalized spacial score (nSPS) is 10.9. The third-order valence-corrected chi connectivity index (χ3v) is 5.80. The molecule has 35 heavy (non-hydrogen) atoms. The number of nitrogens with zero attached hydrogens (tertiary/aromatic N) is 1. The fraction of sp³-hybridized carbons (Fsp3) is 0.0800. The van der Waals surface area contributed by atoms with Crippen molar-refractivity contribution in [2.24, 2.45) is 0 Å². The smallest absolute Gasteiger partial charge is 0.337 e. The molecule has 0 unspecified atom stereocenters. The fourth-order valence-electron chi connectivity index (χ4n) is 2.91. The SMILES string of the molecule is COC(=O)c1ccc(NC(=O)/C(C#N)=C/c2cc(Cl)c(OCc3ccc(Cl)cc3Cl)c(Cl)c2)cc1. The van der Waals surface area contributed by atoms with E-state index in [1.807, 2.05) is 6.07 Å². The van der Waals surface area contributed by atoms with Gasteiger partial charge in [-0.25, -0.2) is 4.79 Å². The predicted octanol–water partition coefficient (Wildman–Crippen LogP) is 7.21. The number of hydrogen-bond donors (Lipinski definition) is 1. The predicted molar refractivity (Wildman–Crippen MR) is 137 cm³/mol. The lowest BCUT2D eigenvalue weighted by Gasteiger charge is -2.12. The quantitative estimate of drug-likeness (QED) is 0.191. The summed E-state index contributed by atoms with van der Waals surface area (Å²) >= 11 is 24.7. The van der Waals surface area contributed by atoms with Crippen LogP contribution in [0.3, 0.4) is 0 Å². The van der Waals surface area contributed by atoms with Crippen LogP contribution in [0.25, 0.3) is 6.08 Å². The number of carbonyl (C=O) groups is 2. The van der Waals surface area contributed by atoms with Crippen LogP contribution in [-0.4, -0.2) is 19.0 Å². The number of nitrogens with one attached hydrogen (secondary N) is 1. The number of anilines is 1. The molecule has 1 amide bonds. The molecule has 0 heterocycles. The van der Waals surface area contributed by atoms with Gasteiger partial charge in [-0.15, -0.1) is 0 Å². The maximum absolute atomic E-state index is 12.6. The topological polar surface area (TPSA) is 88.4 Å². The minimum absolute atomic E-state index is 0.102. The fourth-order valence-corrected chi connectivity index (χ4v) is 3.99. The number of esters is 1. The van der Waals surface area contributed by atoms with Gasteiger partial charge >= 0.3 is 5.97 Å². The van der Waals surface area contributed by atoms with Crippen molar-refractivity contribution in [3.63, 3.8) is 0 Å². The maximum Gasteiger partial charge on any atom is 0.337 e. The van der Waals surface area contributed by atoms with Gasteiger partial charge in [-0.3, -0.25) is 4.79 Å². The highest BCUT2D eigenvalue weighted by atomic mass is 35.5. The Morgan fingerprint density at radius 2 is 1.63 bits per heavy atom. The molecule has 0 saturated carbocycles. The Bertz CT molecular complexity index is 1330. The summed E-state index contributed by atoms with van der Waals surface area (Å²) in [6.45, 7) is 0.102. The molecule has 3 aromatic carbocycles. The molecule has 0 radical (unpaired) electrons. The first kappa shape index (κ1) is 26.4. The zero-order valence-corrected chi connectivity index (χ0v) is 21.1. The molecule has 0 bridgehead atoms. The van der Waals surface area contributed by atoms with Crippen molar-refractivity contribution in [1.82, 2.24) is 0 Å². The second kappa shape index (κ2) is 12.0. The number of amides is 1. The largest absolute Gasteiger partial charge is 0.486 e. The lowest BCUT2D eigenvalue weighted by molar-refractivity contribution is -0.112. The molecule has 3 aromatic rings. The molecule has 0 atom stereocenters. The Hall–Kier alpha value is -3.21. The van der Waals surface area contributed by atoms with Gasteiger partial charge in [-0.2, -0.15) is 5.26 Å². The Labute approximate surface area is 221 Å². The highest BCUT2D eigenvalue weighted by Gasteiger charge is 2.14. The lowest BCUT2D eigenvalue weighted by Crippen LogP contribution is -2.13. The number of ether oxygens (including phenoxy) is 2. The molecule has 0 aromatic heterocycles. The van der Waals surface area contributed by atoms with E-state index in [1.54, 1.807) is 18.2 Å². The highest BCUT2D eigenvalue weighted by Crippen LogP contribution is 2.36. The monoisotopic (exact) mass is 548 g/mol. The number of benzene rings is 3. The standard InChI is InChI=1S/C25H16Cl4N2O4/c1-34-25(33)15-3-6-19(7-4-15)31-24(32)17(12-30)8-14-9-21(28)23(22(29)10-14)35-13-16-2-5-18(26)11-20(16)27/h2-11H,13H2,1H3,(H,31,32)/b17-8+. The van der Waals surface area contributed by atoms with Crippen LogP contribution in [0.1, 0.15) is 21.5 Å². The number of methoxy groups -OCH3 is 1. The van der Waals surface area contributed by atoms with Gasteiger partial charge in [0.15, 0.2) is 5.75 Å². The molecule has 0 aliphatic rings. The number of rotatable bonds is 7. The summed E-state index contributed by atoms with van der Waals surface area (Å²) in [5, 5.41) is 13.4. The van der Waals surface area contributed by atoms with E-state index in [1.165, 1.54) is 49.6 Å². The first-order chi connectivity index (χ1) is 16.7. The van der Waals surface area contributed by atoms with E-state index >= 15 is 0 Å². The molecule has 0 spiro atoms. The zero-order valence-electron chi connectivity index (χ0n) is 18.1. The Morgan fingerprint density at radius 1 is 0.971 bits per heavy atom. The van der Waals surface area contributed by atoms with Gasteiger partial charge < -0.3 is 14.8 Å². The van der Waals surface area contributed by atoms with E-state index in [0.717, 1.165) is 0 Å². The number of halogens is 4. The van der Waals surface area contributed by atoms with Crippen LogP contribution in [0.2, 0.25) is 20.1 Å². The van der Waals surface area contributed by atoms with E-state index < -0.39 is 11.9 Å². The third kappa shape index (κ3) is 6.91. The number of hydrogen-bond acceptors (Lipinski definition) is 5. The van der Waals surface area contributed by atoms with Crippen molar-refractivity contribution < 1.29 is 19.1 Å². The van der Waals surface area contributed by atoms with Crippen molar-refractivity contribution in [1.29, 1.82) is 5.26 Å². The van der Waals surface area contributed by atoms with Gasteiger partial charge in [0.2, 0.25) is 0 Å². The van der Waals surface area contributed by atoms with Gasteiger partial charge in [-0.05, 0) is 60.2 Å². The number of carbonyl (C=O) groups excluding carboxylic acids is 2. The second-order valence-electron chi connectivity index (χ2n) is 7.03. The van der Waals surface area contributed by atoms with Crippen molar-refractivity contribution in [3.05, 3.63) is 97.0 Å². The first-order valence-corrected chi connectivity index (χ1v) is 11.4. The van der Waals surface area contributed by atoms with E-state index in [-0.39, 0.29) is 28.0 Å². The minimum atomic E-state index is -0.650. The van der Waals surface area contributed by atoms with Crippen molar-refractivity contribution in [2.45, 2.75) is 6.61 Å². The van der Waals surface area contributed by atoms with E-state index in [2.05, 4.69) is 10.1 Å². The summed E-state index contributed by atoms with van der Waals surface area (Å²) < 4.78 is 10.4. The van der Waals surface area contributed by atoms with Crippen LogP contribution < -0.4 is 10.1 Å². The van der Waals surface area contributed by atoms with Crippen LogP contribution in [0, 0.1) is 11.3 Å². The van der Waals surface area contributed by atoms with Gasteiger partial charge in [0.25, 0.3) is 5.91 Å². The van der Waals surface area contributed by atoms with Crippen LogP contribution in [-0.2, 0) is 16.1 Å². The molecule has 178 valence electrons. The van der Waals surface area contributed by atoms with Crippen molar-refractivity contribution in [3.8, 4) is 11.8 Å². The molecule has 0 aliphatic carbocycles. The van der Waals surface area contributed by atoms with E-state index in [0.29, 0.717) is 32.4 Å². The lowest BCUT2D eigenvalue weighted by atomic mass is 10.1. The maximum atomic E-state index is 12.6. The second-order valence-corrected chi connectivity index (χ2v) is 8.69. The summed E-state index contributed by atoms with van der Waals surface area (Å²) in [7, 11) is 1.27. The average Bonchev–Trinajstić information content (AvgIpc) is 2.83. The molecular formula is C25H16Cl4N2O4. The summed E-state index contributed by atoms with van der Waals surface area (Å²) in [4.78, 5) is 24.1. The molecule has 6 nitrogen and oxygen atoms in total. The number of nitriles is 1. The van der Waals surface area contributed by atoms with Crippen LogP contribution in [0.15, 0.2) is 60.2 Å². The molecule has 0 saturated heterocycles. The molecule has 1 N–H and O–H groups in total. The molecule has 3 rings (SSSR count). The molecule has 0 fully saturated rings. The Kier molecular flexibility index (Phi) is 9.02. The zero-order chi connectivity index (χ0) is 25.5. The summed E-state index contributed by atoms with van der Waals surface area (Å²) in [5.41, 5.74) is 1.64. The van der Waals surface area contributed by atoms with Gasteiger partial charge in [-0.1, -0.05) is 52.5 Å². The van der Waals surface area contributed by atoms with Crippen LogP contribution in [0.4, 0.5) is 5.69 Å².